The molecule has 0 bridgehead atoms. The lowest BCUT2D eigenvalue weighted by Gasteiger charge is -2.23. The molecule has 1 rings (SSSR count). The molecule has 2 unspecified atom stereocenters. The van der Waals surface area contributed by atoms with E-state index < -0.39 is 0 Å². The fraction of sp³-hybridized carbons (Fsp3) is 0.929. The minimum absolute atomic E-state index is 0.0166. The predicted molar refractivity (Wildman–Crippen MR) is 74.9 cm³/mol. The molecule has 0 spiro atoms. The monoisotopic (exact) mass is 272 g/mol. The lowest BCUT2D eigenvalue weighted by Crippen LogP contribution is -2.37. The van der Waals surface area contributed by atoms with Crippen molar-refractivity contribution < 1.29 is 14.3 Å². The summed E-state index contributed by atoms with van der Waals surface area (Å²) < 4.78 is 10.3. The zero-order valence-corrected chi connectivity index (χ0v) is 12.5. The molecular weight excluding hydrogens is 244 g/mol. The molecule has 0 aromatic rings. The average Bonchev–Trinajstić information content (AvgIpc) is 2.74. The maximum Gasteiger partial charge on any atom is 0.241 e. The van der Waals surface area contributed by atoms with Gasteiger partial charge in [-0.3, -0.25) is 10.1 Å². The summed E-state index contributed by atoms with van der Waals surface area (Å²) in [6, 6.07) is 0.0166. The third kappa shape index (κ3) is 5.09. The highest BCUT2D eigenvalue weighted by Crippen LogP contribution is 2.16. The summed E-state index contributed by atoms with van der Waals surface area (Å²) in [7, 11) is 1.67. The van der Waals surface area contributed by atoms with Crippen molar-refractivity contribution in [3.05, 3.63) is 0 Å². The van der Waals surface area contributed by atoms with Gasteiger partial charge in [0.1, 0.15) is 0 Å². The number of hydrogen-bond acceptors (Lipinski definition) is 4. The summed E-state index contributed by atoms with van der Waals surface area (Å²) in [5, 5.41) is 3.39. The van der Waals surface area contributed by atoms with Crippen LogP contribution in [0.15, 0.2) is 0 Å². The van der Waals surface area contributed by atoms with Crippen LogP contribution in [-0.2, 0) is 14.3 Å². The lowest BCUT2D eigenvalue weighted by molar-refractivity contribution is -0.130. The van der Waals surface area contributed by atoms with Gasteiger partial charge in [-0.15, -0.1) is 0 Å². The second-order valence-corrected chi connectivity index (χ2v) is 4.90. The molecule has 1 aliphatic rings. The number of hydrogen-bond donors (Lipinski definition) is 1. The molecule has 5 heteroatoms. The van der Waals surface area contributed by atoms with Gasteiger partial charge in [-0.2, -0.15) is 0 Å². The van der Waals surface area contributed by atoms with Gasteiger partial charge in [-0.1, -0.05) is 13.8 Å². The molecule has 1 heterocycles. The topological polar surface area (TPSA) is 50.8 Å². The van der Waals surface area contributed by atoms with Crippen LogP contribution in [-0.4, -0.2) is 56.5 Å². The molecular formula is C14H28N2O3. The maximum absolute atomic E-state index is 12.1. The molecule has 2 atom stereocenters. The minimum Gasteiger partial charge on any atom is -0.382 e. The smallest absolute Gasteiger partial charge is 0.241 e. The molecule has 5 nitrogen and oxygen atoms in total. The number of nitrogens with one attached hydrogen (secondary N) is 1. The largest absolute Gasteiger partial charge is 0.382 e. The summed E-state index contributed by atoms with van der Waals surface area (Å²) in [5.74, 6) is 0.259. The SMILES string of the molecule is CCC1NC(CC)N(CCCCOCCOC)C1=O. The minimum atomic E-state index is 0.0166. The first-order valence-electron chi connectivity index (χ1n) is 7.37. The number of carbonyl (C=O) groups is 1. The Bertz CT molecular complexity index is 261. The van der Waals surface area contributed by atoms with Gasteiger partial charge >= 0.3 is 0 Å². The highest BCUT2D eigenvalue weighted by molar-refractivity contribution is 5.84. The van der Waals surface area contributed by atoms with Crippen molar-refractivity contribution in [2.75, 3.05) is 33.5 Å². The highest BCUT2D eigenvalue weighted by atomic mass is 16.5. The summed E-state index contributed by atoms with van der Waals surface area (Å²) >= 11 is 0. The molecule has 1 aliphatic heterocycles. The van der Waals surface area contributed by atoms with Crippen molar-refractivity contribution in [2.45, 2.75) is 51.7 Å². The Hall–Kier alpha value is -0.650. The van der Waals surface area contributed by atoms with E-state index in [9.17, 15) is 4.79 Å². The van der Waals surface area contributed by atoms with Crippen LogP contribution in [0.3, 0.4) is 0 Å². The molecule has 0 radical (unpaired) electrons. The lowest BCUT2D eigenvalue weighted by atomic mass is 10.2. The number of rotatable bonds is 10. The summed E-state index contributed by atoms with van der Waals surface area (Å²) in [6.45, 7) is 7.03. The van der Waals surface area contributed by atoms with E-state index in [2.05, 4.69) is 19.2 Å². The molecule has 1 amide bonds. The van der Waals surface area contributed by atoms with Crippen LogP contribution in [0.5, 0.6) is 0 Å². The van der Waals surface area contributed by atoms with Crippen LogP contribution >= 0.6 is 0 Å². The van der Waals surface area contributed by atoms with E-state index in [1.807, 2.05) is 4.90 Å². The third-order valence-electron chi connectivity index (χ3n) is 3.52. The van der Waals surface area contributed by atoms with Gasteiger partial charge in [0.15, 0.2) is 0 Å². The molecule has 19 heavy (non-hydrogen) atoms. The molecule has 1 saturated heterocycles. The maximum atomic E-state index is 12.1. The normalized spacial score (nSPS) is 23.3. The van der Waals surface area contributed by atoms with E-state index in [1.54, 1.807) is 7.11 Å². The number of amides is 1. The van der Waals surface area contributed by atoms with Crippen molar-refractivity contribution in [1.82, 2.24) is 10.2 Å². The second kappa shape index (κ2) is 9.28. The zero-order valence-electron chi connectivity index (χ0n) is 12.5. The fourth-order valence-electron chi connectivity index (χ4n) is 2.37. The summed E-state index contributed by atoms with van der Waals surface area (Å²) in [5.41, 5.74) is 0. The quantitative estimate of drug-likeness (QED) is 0.610. The van der Waals surface area contributed by atoms with Gasteiger partial charge in [-0.25, -0.2) is 0 Å². The van der Waals surface area contributed by atoms with Crippen LogP contribution in [0, 0.1) is 0 Å². The molecule has 112 valence electrons. The third-order valence-corrected chi connectivity index (χ3v) is 3.52. The van der Waals surface area contributed by atoms with Crippen molar-refractivity contribution in [2.24, 2.45) is 0 Å². The highest BCUT2D eigenvalue weighted by Gasteiger charge is 2.35. The van der Waals surface area contributed by atoms with E-state index in [-0.39, 0.29) is 18.1 Å². The van der Waals surface area contributed by atoms with E-state index in [1.165, 1.54) is 0 Å². The molecule has 0 aliphatic carbocycles. The summed E-state index contributed by atoms with van der Waals surface area (Å²) in [6.07, 6.45) is 4.03. The van der Waals surface area contributed by atoms with E-state index in [0.29, 0.717) is 13.2 Å². The fourth-order valence-corrected chi connectivity index (χ4v) is 2.37. The zero-order chi connectivity index (χ0) is 14.1. The molecule has 0 saturated carbocycles. The Morgan fingerprint density at radius 3 is 2.58 bits per heavy atom. The molecule has 0 aromatic carbocycles. The van der Waals surface area contributed by atoms with E-state index >= 15 is 0 Å². The van der Waals surface area contributed by atoms with Crippen LogP contribution < -0.4 is 5.32 Å². The van der Waals surface area contributed by atoms with Crippen molar-refractivity contribution in [1.29, 1.82) is 0 Å². The van der Waals surface area contributed by atoms with E-state index in [4.69, 9.17) is 9.47 Å². The Morgan fingerprint density at radius 2 is 1.95 bits per heavy atom. The van der Waals surface area contributed by atoms with Gasteiger partial charge in [0.25, 0.3) is 0 Å². The summed E-state index contributed by atoms with van der Waals surface area (Å²) in [4.78, 5) is 14.1. The van der Waals surface area contributed by atoms with Gasteiger partial charge < -0.3 is 14.4 Å². The molecule has 0 aromatic heterocycles. The Labute approximate surface area is 116 Å². The number of unbranched alkanes of at least 4 members (excludes halogenated alkanes) is 1. The average molecular weight is 272 g/mol. The number of methoxy groups -OCH3 is 1. The number of carbonyl (C=O) groups excluding carboxylic acids is 1. The molecule has 1 fully saturated rings. The van der Waals surface area contributed by atoms with Crippen molar-refractivity contribution in [3.63, 3.8) is 0 Å². The Morgan fingerprint density at radius 1 is 1.16 bits per heavy atom. The van der Waals surface area contributed by atoms with Crippen molar-refractivity contribution >= 4 is 5.91 Å². The van der Waals surface area contributed by atoms with Gasteiger partial charge in [0, 0.05) is 20.3 Å². The molecule has 1 N–H and O–H groups in total. The second-order valence-electron chi connectivity index (χ2n) is 4.90. The number of ether oxygens (including phenoxy) is 2. The van der Waals surface area contributed by atoms with Crippen LogP contribution in [0.1, 0.15) is 39.5 Å². The standard InChI is InChI=1S/C14H28N2O3/c1-4-12-14(17)16(13(5-2)15-12)8-6-7-9-19-11-10-18-3/h12-13,15H,4-11H2,1-3H3. The first kappa shape index (κ1) is 16.4. The predicted octanol–water partition coefficient (Wildman–Crippen LogP) is 1.38. The van der Waals surface area contributed by atoms with Crippen LogP contribution in [0.4, 0.5) is 0 Å². The van der Waals surface area contributed by atoms with Crippen molar-refractivity contribution in [3.8, 4) is 0 Å². The Balaban J connectivity index is 2.18. The van der Waals surface area contributed by atoms with Crippen LogP contribution in [0.2, 0.25) is 0 Å². The van der Waals surface area contributed by atoms with Crippen LogP contribution in [0.25, 0.3) is 0 Å². The van der Waals surface area contributed by atoms with E-state index in [0.717, 1.165) is 38.8 Å². The van der Waals surface area contributed by atoms with Gasteiger partial charge in [0.05, 0.1) is 25.4 Å². The Kier molecular flexibility index (Phi) is 8.02. The first-order valence-corrected chi connectivity index (χ1v) is 7.37. The number of nitrogens with zero attached hydrogens (tertiary/aromatic N) is 1. The first-order chi connectivity index (χ1) is 9.24. The van der Waals surface area contributed by atoms with Gasteiger partial charge in [0.2, 0.25) is 5.91 Å². The van der Waals surface area contributed by atoms with Gasteiger partial charge in [-0.05, 0) is 25.7 Å².